The van der Waals surface area contributed by atoms with Crippen LogP contribution in [0, 0.1) is 0 Å². The SMILES string of the molecule is COc1ccc2cc3[n+](cc2c1OCCCN)CCc1cc2c(cc1-3)OCO2.[Cl-]. The molecule has 0 radical (unpaired) electrons. The van der Waals surface area contributed by atoms with Crippen LogP contribution in [0.25, 0.3) is 22.0 Å². The molecule has 0 fully saturated rings. The summed E-state index contributed by atoms with van der Waals surface area (Å²) in [4.78, 5) is 0. The van der Waals surface area contributed by atoms with Gasteiger partial charge < -0.3 is 37.1 Å². The summed E-state index contributed by atoms with van der Waals surface area (Å²) in [6.45, 7) is 2.36. The summed E-state index contributed by atoms with van der Waals surface area (Å²) < 4.78 is 25.0. The Balaban J connectivity index is 0.00000205. The number of rotatable bonds is 5. The number of nitrogens with two attached hydrogens (primary N) is 1. The number of methoxy groups -OCH3 is 1. The number of pyridine rings is 1. The third-order valence-corrected chi connectivity index (χ3v) is 5.39. The van der Waals surface area contributed by atoms with Gasteiger partial charge in [-0.1, -0.05) is 0 Å². The zero-order valence-electron chi connectivity index (χ0n) is 16.2. The van der Waals surface area contributed by atoms with Crippen molar-refractivity contribution in [2.24, 2.45) is 5.73 Å². The number of ether oxygens (including phenoxy) is 4. The molecule has 3 heterocycles. The molecule has 2 N–H and O–H groups in total. The van der Waals surface area contributed by atoms with Crippen molar-refractivity contribution in [2.45, 2.75) is 19.4 Å². The lowest BCUT2D eigenvalue weighted by atomic mass is 9.95. The average molecular weight is 415 g/mol. The largest absolute Gasteiger partial charge is 1.00 e. The number of benzene rings is 2. The lowest BCUT2D eigenvalue weighted by Gasteiger charge is -2.18. The number of aromatic nitrogens is 1. The zero-order valence-corrected chi connectivity index (χ0v) is 17.0. The van der Waals surface area contributed by atoms with E-state index < -0.39 is 0 Å². The molecule has 2 aliphatic heterocycles. The molecule has 0 spiro atoms. The van der Waals surface area contributed by atoms with Crippen LogP contribution < -0.4 is 41.7 Å². The van der Waals surface area contributed by atoms with Gasteiger partial charge in [-0.3, -0.25) is 0 Å². The fourth-order valence-corrected chi connectivity index (χ4v) is 3.96. The van der Waals surface area contributed by atoms with Gasteiger partial charge >= 0.3 is 0 Å². The van der Waals surface area contributed by atoms with Crippen LogP contribution in [-0.2, 0) is 13.0 Å². The van der Waals surface area contributed by atoms with Gasteiger partial charge in [0.15, 0.2) is 35.7 Å². The van der Waals surface area contributed by atoms with Crippen molar-refractivity contribution >= 4 is 10.8 Å². The molecule has 3 aromatic rings. The normalized spacial score (nSPS) is 13.4. The number of fused-ring (bicyclic) bond motifs is 5. The molecule has 0 unspecified atom stereocenters. The molecule has 7 heteroatoms. The molecule has 0 saturated carbocycles. The second kappa shape index (κ2) is 7.97. The number of hydrogen-bond acceptors (Lipinski definition) is 5. The maximum absolute atomic E-state index is 6.05. The van der Waals surface area contributed by atoms with Crippen LogP contribution in [0.1, 0.15) is 12.0 Å². The van der Waals surface area contributed by atoms with E-state index in [2.05, 4.69) is 35.0 Å². The quantitative estimate of drug-likeness (QED) is 0.463. The molecule has 0 atom stereocenters. The lowest BCUT2D eigenvalue weighted by molar-refractivity contribution is -0.686. The first-order valence-electron chi connectivity index (χ1n) is 9.58. The van der Waals surface area contributed by atoms with E-state index in [0.717, 1.165) is 53.2 Å². The number of aryl methyl sites for hydroxylation is 2. The van der Waals surface area contributed by atoms with Gasteiger partial charge in [0.25, 0.3) is 0 Å². The van der Waals surface area contributed by atoms with Gasteiger partial charge in [-0.15, -0.1) is 0 Å². The van der Waals surface area contributed by atoms with Crippen molar-refractivity contribution in [3.05, 3.63) is 42.1 Å². The van der Waals surface area contributed by atoms with Gasteiger partial charge in [0.2, 0.25) is 12.5 Å². The molecule has 1 aromatic heterocycles. The smallest absolute Gasteiger partial charge is 0.231 e. The number of nitrogens with zero attached hydrogens (tertiary/aromatic N) is 1. The van der Waals surface area contributed by atoms with Crippen LogP contribution in [0.15, 0.2) is 36.5 Å². The molecule has 5 rings (SSSR count). The Morgan fingerprint density at radius 3 is 2.76 bits per heavy atom. The molecule has 2 aliphatic rings. The zero-order chi connectivity index (χ0) is 19.1. The van der Waals surface area contributed by atoms with E-state index in [-0.39, 0.29) is 12.4 Å². The predicted molar refractivity (Wildman–Crippen MR) is 105 cm³/mol. The van der Waals surface area contributed by atoms with E-state index in [1.54, 1.807) is 7.11 Å². The van der Waals surface area contributed by atoms with E-state index >= 15 is 0 Å². The Hall–Kier alpha value is -2.70. The Morgan fingerprint density at radius 1 is 1.14 bits per heavy atom. The number of halogens is 1. The monoisotopic (exact) mass is 414 g/mol. The van der Waals surface area contributed by atoms with Gasteiger partial charge in [-0.25, -0.2) is 0 Å². The Morgan fingerprint density at radius 2 is 1.97 bits per heavy atom. The maximum Gasteiger partial charge on any atom is 0.231 e. The summed E-state index contributed by atoms with van der Waals surface area (Å²) in [6.07, 6.45) is 3.92. The van der Waals surface area contributed by atoms with Crippen LogP contribution in [0.3, 0.4) is 0 Å². The van der Waals surface area contributed by atoms with Gasteiger partial charge in [-0.2, -0.15) is 4.57 Å². The van der Waals surface area contributed by atoms with Gasteiger partial charge in [-0.05, 0) is 48.2 Å². The van der Waals surface area contributed by atoms with Crippen molar-refractivity contribution < 1.29 is 35.9 Å². The molecular weight excluding hydrogens is 392 g/mol. The summed E-state index contributed by atoms with van der Waals surface area (Å²) in [7, 11) is 1.67. The van der Waals surface area contributed by atoms with E-state index in [1.807, 2.05) is 6.07 Å². The van der Waals surface area contributed by atoms with E-state index in [0.29, 0.717) is 19.9 Å². The van der Waals surface area contributed by atoms with Crippen molar-refractivity contribution in [3.8, 4) is 34.3 Å². The first-order valence-corrected chi connectivity index (χ1v) is 9.58. The van der Waals surface area contributed by atoms with Crippen LogP contribution in [0.2, 0.25) is 0 Å². The summed E-state index contributed by atoms with van der Waals surface area (Å²) >= 11 is 0. The molecule has 152 valence electrons. The highest BCUT2D eigenvalue weighted by Gasteiger charge is 2.28. The Labute approximate surface area is 175 Å². The topological polar surface area (TPSA) is 66.8 Å². The summed E-state index contributed by atoms with van der Waals surface area (Å²) in [5.74, 6) is 3.17. The Kier molecular flexibility index (Phi) is 5.39. The summed E-state index contributed by atoms with van der Waals surface area (Å²) in [5.41, 5.74) is 9.27. The van der Waals surface area contributed by atoms with Crippen molar-refractivity contribution in [3.63, 3.8) is 0 Å². The van der Waals surface area contributed by atoms with Crippen LogP contribution in [0.4, 0.5) is 0 Å². The van der Waals surface area contributed by atoms with E-state index in [4.69, 9.17) is 24.7 Å². The molecule has 29 heavy (non-hydrogen) atoms. The Bertz CT molecular complexity index is 1070. The molecular formula is C22H23ClN2O4. The first-order chi connectivity index (χ1) is 13.8. The molecule has 2 aromatic carbocycles. The highest BCUT2D eigenvalue weighted by molar-refractivity contribution is 5.91. The molecule has 0 amide bonds. The number of hydrogen-bond donors (Lipinski definition) is 1. The second-order valence-electron chi connectivity index (χ2n) is 7.06. The third kappa shape index (κ3) is 3.32. The highest BCUT2D eigenvalue weighted by Crippen LogP contribution is 2.41. The summed E-state index contributed by atoms with van der Waals surface area (Å²) in [6, 6.07) is 10.5. The minimum atomic E-state index is 0. The first kappa shape index (κ1) is 19.6. The highest BCUT2D eigenvalue weighted by atomic mass is 35.5. The molecule has 0 bridgehead atoms. The van der Waals surface area contributed by atoms with Crippen molar-refractivity contribution in [2.75, 3.05) is 27.1 Å². The van der Waals surface area contributed by atoms with Crippen LogP contribution in [0.5, 0.6) is 23.0 Å². The minimum absolute atomic E-state index is 0. The predicted octanol–water partition coefficient (Wildman–Crippen LogP) is -0.181. The third-order valence-electron chi connectivity index (χ3n) is 5.39. The molecule has 0 saturated heterocycles. The minimum Gasteiger partial charge on any atom is -1.00 e. The standard InChI is InChI=1S/C22H23N2O4.ClH/c1-25-19-4-3-14-9-18-16-11-21-20(27-13-28-21)10-15(16)5-7-24(18)12-17(14)22(19)26-8-2-6-23;/h3-4,9-12H,2,5-8,13,23H2,1H3;1H/q+1;/p-1. The molecule has 0 aliphatic carbocycles. The summed E-state index contributed by atoms with van der Waals surface area (Å²) in [5, 5.41) is 2.16. The van der Waals surface area contributed by atoms with E-state index in [1.165, 1.54) is 16.8 Å². The van der Waals surface area contributed by atoms with E-state index in [9.17, 15) is 0 Å². The van der Waals surface area contributed by atoms with Crippen molar-refractivity contribution in [1.29, 1.82) is 0 Å². The lowest BCUT2D eigenvalue weighted by Crippen LogP contribution is -3.00. The van der Waals surface area contributed by atoms with Crippen molar-refractivity contribution in [1.82, 2.24) is 0 Å². The van der Waals surface area contributed by atoms with Gasteiger partial charge in [0, 0.05) is 12.5 Å². The maximum atomic E-state index is 6.05. The second-order valence-corrected chi connectivity index (χ2v) is 7.06. The molecule has 6 nitrogen and oxygen atoms in total. The fourth-order valence-electron chi connectivity index (χ4n) is 3.96. The average Bonchev–Trinajstić information content (AvgIpc) is 3.18. The van der Waals surface area contributed by atoms with Crippen LogP contribution in [-0.4, -0.2) is 27.1 Å². The van der Waals surface area contributed by atoms with Crippen LogP contribution >= 0.6 is 0 Å². The van der Waals surface area contributed by atoms with Gasteiger partial charge in [0.05, 0.1) is 24.7 Å². The van der Waals surface area contributed by atoms with Gasteiger partial charge in [0.1, 0.15) is 0 Å². The fraction of sp³-hybridized carbons (Fsp3) is 0.318.